The van der Waals surface area contributed by atoms with Crippen molar-refractivity contribution in [1.29, 1.82) is 0 Å². The van der Waals surface area contributed by atoms with Gasteiger partial charge in [-0.25, -0.2) is 4.79 Å². The van der Waals surface area contributed by atoms with Crippen LogP contribution < -0.4 is 0 Å². The topological polar surface area (TPSA) is 88.6 Å². The number of piperidine rings is 2. The average Bonchev–Trinajstić information content (AvgIpc) is 2.93. The van der Waals surface area contributed by atoms with Crippen molar-refractivity contribution in [3.63, 3.8) is 0 Å². The average molecular weight is 532 g/mol. The second-order valence-corrected chi connectivity index (χ2v) is 11.5. The highest BCUT2D eigenvalue weighted by Crippen LogP contribution is 2.31. The van der Waals surface area contributed by atoms with Gasteiger partial charge in [-0.3, -0.25) is 9.59 Å². The molecule has 0 N–H and O–H groups in total. The van der Waals surface area contributed by atoms with E-state index in [2.05, 4.69) is 0 Å². The Hall–Kier alpha value is -2.65. The lowest BCUT2D eigenvalue weighted by atomic mass is 9.88. The Kier molecular flexibility index (Phi) is 11.0. The van der Waals surface area contributed by atoms with E-state index in [1.54, 1.807) is 16.9 Å². The first-order valence-corrected chi connectivity index (χ1v) is 13.7. The molecule has 1 spiro atoms. The fraction of sp³-hybridized carbons (Fsp3) is 0.690. The van der Waals surface area contributed by atoms with Crippen molar-refractivity contribution in [2.45, 2.75) is 70.7 Å². The number of benzene rings is 1. The fourth-order valence-corrected chi connectivity index (χ4v) is 4.90. The van der Waals surface area contributed by atoms with E-state index in [1.165, 1.54) is 0 Å². The number of nitrogens with zero attached hydrogens (tertiary/aromatic N) is 3. The third-order valence-electron chi connectivity index (χ3n) is 7.61. The normalized spacial score (nSPS) is 19.9. The van der Waals surface area contributed by atoms with Gasteiger partial charge in [0.25, 0.3) is 0 Å². The monoisotopic (exact) mass is 531 g/mol. The van der Waals surface area contributed by atoms with Crippen molar-refractivity contribution >= 4 is 18.4 Å². The minimum Gasteiger partial charge on any atom is -0.445 e. The van der Waals surface area contributed by atoms with Crippen molar-refractivity contribution in [1.82, 2.24) is 14.7 Å². The van der Waals surface area contributed by atoms with Crippen LogP contribution in [0, 0.1) is 5.92 Å². The largest absolute Gasteiger partial charge is 0.445 e. The molecular weight excluding hydrogens is 486 g/mol. The van der Waals surface area contributed by atoms with Crippen LogP contribution in [0.5, 0.6) is 0 Å². The molecule has 3 amide bonds. The summed E-state index contributed by atoms with van der Waals surface area (Å²) < 4.78 is 16.4. The number of hydrogen-bond acceptors (Lipinski definition) is 6. The Morgan fingerprint density at radius 3 is 2.24 bits per heavy atom. The number of carbonyl (C=O) groups is 3. The molecule has 0 aromatic heterocycles. The van der Waals surface area contributed by atoms with E-state index in [-0.39, 0.29) is 35.7 Å². The predicted octanol–water partition coefficient (Wildman–Crippen LogP) is 3.71. The first-order chi connectivity index (χ1) is 18.1. The van der Waals surface area contributed by atoms with Gasteiger partial charge in [-0.05, 0) is 57.9 Å². The zero-order chi connectivity index (χ0) is 27.6. The summed E-state index contributed by atoms with van der Waals surface area (Å²) in [7, 11) is 1.71. The van der Waals surface area contributed by atoms with Gasteiger partial charge in [-0.2, -0.15) is 0 Å². The zero-order valence-electron chi connectivity index (χ0n) is 23.5. The first kappa shape index (κ1) is 29.9. The van der Waals surface area contributed by atoms with Gasteiger partial charge in [-0.1, -0.05) is 30.3 Å². The lowest BCUT2D eigenvalue weighted by Crippen LogP contribution is -2.58. The second-order valence-electron chi connectivity index (χ2n) is 11.5. The Balaban J connectivity index is 0.000000599. The van der Waals surface area contributed by atoms with Gasteiger partial charge in [0.2, 0.25) is 12.3 Å². The van der Waals surface area contributed by atoms with Crippen LogP contribution in [-0.4, -0.2) is 97.3 Å². The van der Waals surface area contributed by atoms with Crippen molar-refractivity contribution in [3.05, 3.63) is 35.9 Å². The summed E-state index contributed by atoms with van der Waals surface area (Å²) in [6.07, 6.45) is 4.31. The molecule has 4 rings (SSSR count). The summed E-state index contributed by atoms with van der Waals surface area (Å²) in [6.45, 7) is 10.8. The minimum atomic E-state index is -0.306. The molecule has 38 heavy (non-hydrogen) atoms. The molecule has 3 saturated heterocycles. The van der Waals surface area contributed by atoms with Gasteiger partial charge >= 0.3 is 6.09 Å². The van der Waals surface area contributed by atoms with E-state index in [9.17, 15) is 14.4 Å². The van der Waals surface area contributed by atoms with E-state index < -0.39 is 0 Å². The number of methoxy groups -OCH3 is 1. The summed E-state index contributed by atoms with van der Waals surface area (Å²) in [5.74, 6) is 0.465. The summed E-state index contributed by atoms with van der Waals surface area (Å²) in [5, 5.41) is 0. The zero-order valence-corrected chi connectivity index (χ0v) is 23.5. The Morgan fingerprint density at radius 1 is 1.03 bits per heavy atom. The summed E-state index contributed by atoms with van der Waals surface area (Å²) >= 11 is 0. The molecule has 0 radical (unpaired) electrons. The molecule has 3 fully saturated rings. The first-order valence-electron chi connectivity index (χ1n) is 13.7. The SMILES string of the molecule is COC(C)(C)C.O=CN1CCC2(CC1)CN(C(=O)CC1CCN(C(=O)OCc3ccccc3)CC1)CCO2. The number of morpholine rings is 1. The molecule has 0 unspecified atom stereocenters. The summed E-state index contributed by atoms with van der Waals surface area (Å²) in [5.41, 5.74) is 0.709. The minimum absolute atomic E-state index is 0.0417. The Morgan fingerprint density at radius 2 is 1.66 bits per heavy atom. The van der Waals surface area contributed by atoms with Gasteiger partial charge < -0.3 is 28.9 Å². The van der Waals surface area contributed by atoms with Crippen LogP contribution in [0.2, 0.25) is 0 Å². The van der Waals surface area contributed by atoms with Crippen LogP contribution in [0.1, 0.15) is 58.4 Å². The van der Waals surface area contributed by atoms with Gasteiger partial charge in [0.15, 0.2) is 0 Å². The number of likely N-dealkylation sites (tertiary alicyclic amines) is 2. The third-order valence-corrected chi connectivity index (χ3v) is 7.61. The van der Waals surface area contributed by atoms with Gasteiger partial charge in [0.05, 0.1) is 17.8 Å². The highest BCUT2D eigenvalue weighted by molar-refractivity contribution is 5.76. The number of ether oxygens (including phenoxy) is 3. The lowest BCUT2D eigenvalue weighted by Gasteiger charge is -2.47. The van der Waals surface area contributed by atoms with Crippen LogP contribution in [0.4, 0.5) is 4.79 Å². The van der Waals surface area contributed by atoms with E-state index in [1.807, 2.05) is 56.0 Å². The molecule has 3 aliphatic rings. The van der Waals surface area contributed by atoms with Crippen molar-refractivity contribution in [2.75, 3.05) is 53.0 Å². The number of carbonyl (C=O) groups excluding carboxylic acids is 3. The number of rotatable bonds is 5. The second kappa shape index (κ2) is 13.9. The number of hydrogen-bond donors (Lipinski definition) is 0. The van der Waals surface area contributed by atoms with Crippen molar-refractivity contribution in [2.24, 2.45) is 5.92 Å². The fourth-order valence-electron chi connectivity index (χ4n) is 4.90. The van der Waals surface area contributed by atoms with Gasteiger partial charge in [0.1, 0.15) is 6.61 Å². The molecule has 9 heteroatoms. The maximum absolute atomic E-state index is 13.0. The van der Waals surface area contributed by atoms with E-state index in [0.29, 0.717) is 52.3 Å². The standard InChI is InChI=1S/C24H33N3O5.C5H12O/c28-19-25-12-8-24(9-13-25)18-27(14-15-32-24)22(29)16-20-6-10-26(11-7-20)23(30)31-17-21-4-2-1-3-5-21;1-5(2,3)6-4/h1-5,19-20H,6-18H2;1-4H3. The summed E-state index contributed by atoms with van der Waals surface area (Å²) in [4.78, 5) is 41.8. The van der Waals surface area contributed by atoms with E-state index in [4.69, 9.17) is 14.2 Å². The highest BCUT2D eigenvalue weighted by Gasteiger charge is 2.41. The summed E-state index contributed by atoms with van der Waals surface area (Å²) in [6, 6.07) is 9.66. The molecule has 0 aliphatic carbocycles. The molecule has 0 atom stereocenters. The molecule has 9 nitrogen and oxygen atoms in total. The molecule has 212 valence electrons. The van der Waals surface area contributed by atoms with Gasteiger partial charge in [0, 0.05) is 52.8 Å². The smallest absolute Gasteiger partial charge is 0.410 e. The highest BCUT2D eigenvalue weighted by atomic mass is 16.6. The van der Waals surface area contributed by atoms with Crippen LogP contribution in [0.3, 0.4) is 0 Å². The van der Waals surface area contributed by atoms with E-state index >= 15 is 0 Å². The van der Waals surface area contributed by atoms with Crippen LogP contribution in [0.15, 0.2) is 30.3 Å². The third kappa shape index (κ3) is 9.27. The molecular formula is C29H45N3O6. The predicted molar refractivity (Wildman–Crippen MR) is 144 cm³/mol. The van der Waals surface area contributed by atoms with E-state index in [0.717, 1.165) is 37.7 Å². The molecule has 0 bridgehead atoms. The van der Waals surface area contributed by atoms with Crippen molar-refractivity contribution in [3.8, 4) is 0 Å². The van der Waals surface area contributed by atoms with Gasteiger partial charge in [-0.15, -0.1) is 0 Å². The molecule has 3 aliphatic heterocycles. The lowest BCUT2D eigenvalue weighted by molar-refractivity contribution is -0.161. The molecule has 3 heterocycles. The quantitative estimate of drug-likeness (QED) is 0.539. The number of amides is 3. The Bertz CT molecular complexity index is 887. The molecule has 0 saturated carbocycles. The molecule has 1 aromatic rings. The van der Waals surface area contributed by atoms with Crippen LogP contribution in [-0.2, 0) is 30.4 Å². The van der Waals surface area contributed by atoms with Crippen LogP contribution in [0.25, 0.3) is 0 Å². The molecule has 1 aromatic carbocycles. The van der Waals surface area contributed by atoms with Crippen LogP contribution >= 0.6 is 0 Å². The van der Waals surface area contributed by atoms with Crippen molar-refractivity contribution < 1.29 is 28.6 Å². The maximum Gasteiger partial charge on any atom is 0.410 e. The Labute approximate surface area is 227 Å². The maximum atomic E-state index is 13.0.